The van der Waals surface area contributed by atoms with Crippen LogP contribution in [0.4, 0.5) is 5.69 Å². The number of nitrogen functional groups attached to an aromatic ring is 1. The Morgan fingerprint density at radius 2 is 1.89 bits per heavy atom. The topological polar surface area (TPSA) is 63.8 Å². The summed E-state index contributed by atoms with van der Waals surface area (Å²) in [6.45, 7) is 0.552. The second-order valence-corrected chi connectivity index (χ2v) is 5.30. The van der Waals surface area contributed by atoms with Crippen LogP contribution in [0, 0.1) is 0 Å². The third-order valence-corrected chi connectivity index (χ3v) is 3.97. The smallest absolute Gasteiger partial charge is 0.290 e. The molecular weight excluding hydrogens is 238 g/mol. The Kier molecular flexibility index (Phi) is 3.15. The highest BCUT2D eigenvalue weighted by Gasteiger charge is 2.23. The molecule has 19 heavy (non-hydrogen) atoms. The fourth-order valence-corrected chi connectivity index (χ4v) is 2.92. The first-order valence-corrected chi connectivity index (χ1v) is 6.88. The van der Waals surface area contributed by atoms with Crippen molar-refractivity contribution < 1.29 is 0 Å². The Hall–Kier alpha value is -1.97. The van der Waals surface area contributed by atoms with Gasteiger partial charge in [0.15, 0.2) is 0 Å². The normalized spacial score (nSPS) is 16.0. The summed E-state index contributed by atoms with van der Waals surface area (Å²) in [6.07, 6.45) is 4.73. The average molecular weight is 257 g/mol. The molecule has 2 aromatic rings. The molecular formula is C15H19N3O. The van der Waals surface area contributed by atoms with Crippen molar-refractivity contribution in [3.63, 3.8) is 0 Å². The number of hydrogen-bond acceptors (Lipinski definition) is 2. The van der Waals surface area contributed by atoms with Gasteiger partial charge in [0.2, 0.25) is 0 Å². The number of nitrogens with two attached hydrogens (primary N) is 1. The largest absolute Gasteiger partial charge is 0.393 e. The van der Waals surface area contributed by atoms with Crippen molar-refractivity contribution in [1.82, 2.24) is 9.78 Å². The van der Waals surface area contributed by atoms with E-state index in [1.807, 2.05) is 30.3 Å². The zero-order valence-corrected chi connectivity index (χ0v) is 10.9. The summed E-state index contributed by atoms with van der Waals surface area (Å²) in [5.74, 6) is 0.435. The molecule has 1 fully saturated rings. The highest BCUT2D eigenvalue weighted by molar-refractivity contribution is 5.43. The number of H-pyrrole nitrogens is 1. The Bertz CT molecular complexity index is 606. The lowest BCUT2D eigenvalue weighted by Crippen LogP contribution is -2.19. The highest BCUT2D eigenvalue weighted by atomic mass is 16.1. The number of nitrogens with one attached hydrogen (secondary N) is 1. The Balaban J connectivity index is 1.90. The SMILES string of the molecule is Nc1c(C2CCCC2)[nH]n(Cc2ccccc2)c1=O. The van der Waals surface area contributed by atoms with Crippen molar-refractivity contribution >= 4 is 5.69 Å². The molecule has 0 bridgehead atoms. The van der Waals surface area contributed by atoms with E-state index < -0.39 is 0 Å². The average Bonchev–Trinajstić information content (AvgIpc) is 3.04. The molecule has 1 aliphatic rings. The van der Waals surface area contributed by atoms with Crippen LogP contribution < -0.4 is 11.3 Å². The fraction of sp³-hybridized carbons (Fsp3) is 0.400. The number of rotatable bonds is 3. The number of aromatic amines is 1. The lowest BCUT2D eigenvalue weighted by atomic mass is 10.0. The van der Waals surface area contributed by atoms with Crippen LogP contribution in [0.3, 0.4) is 0 Å². The maximum Gasteiger partial charge on any atom is 0.290 e. The van der Waals surface area contributed by atoms with Gasteiger partial charge in [0.25, 0.3) is 5.56 Å². The molecule has 100 valence electrons. The highest BCUT2D eigenvalue weighted by Crippen LogP contribution is 2.34. The number of nitrogens with zero attached hydrogens (tertiary/aromatic N) is 1. The van der Waals surface area contributed by atoms with Gasteiger partial charge in [-0.25, -0.2) is 4.68 Å². The fourth-order valence-electron chi connectivity index (χ4n) is 2.92. The van der Waals surface area contributed by atoms with Gasteiger partial charge in [-0.05, 0) is 18.4 Å². The number of aromatic nitrogens is 2. The first-order valence-electron chi connectivity index (χ1n) is 6.88. The molecule has 0 atom stereocenters. The van der Waals surface area contributed by atoms with E-state index in [1.165, 1.54) is 12.8 Å². The zero-order valence-electron chi connectivity index (χ0n) is 10.9. The second-order valence-electron chi connectivity index (χ2n) is 5.30. The lowest BCUT2D eigenvalue weighted by molar-refractivity contribution is 0.618. The molecule has 0 radical (unpaired) electrons. The number of hydrogen-bond donors (Lipinski definition) is 2. The van der Waals surface area contributed by atoms with Crippen molar-refractivity contribution in [2.45, 2.75) is 38.1 Å². The van der Waals surface area contributed by atoms with E-state index in [4.69, 9.17) is 5.73 Å². The quantitative estimate of drug-likeness (QED) is 0.887. The van der Waals surface area contributed by atoms with Gasteiger partial charge in [0, 0.05) is 5.92 Å². The summed E-state index contributed by atoms with van der Waals surface area (Å²) in [6, 6.07) is 9.95. The molecule has 0 unspecified atom stereocenters. The van der Waals surface area contributed by atoms with E-state index in [0.717, 1.165) is 24.1 Å². The molecule has 0 spiro atoms. The summed E-state index contributed by atoms with van der Waals surface area (Å²) in [4.78, 5) is 12.2. The minimum Gasteiger partial charge on any atom is -0.393 e. The van der Waals surface area contributed by atoms with Gasteiger partial charge in [-0.2, -0.15) is 0 Å². The Labute approximate surface area is 112 Å². The van der Waals surface area contributed by atoms with Crippen LogP contribution in [0.2, 0.25) is 0 Å². The summed E-state index contributed by atoms with van der Waals surface area (Å²) in [5.41, 5.74) is 8.33. The summed E-state index contributed by atoms with van der Waals surface area (Å²) in [5, 5.41) is 3.22. The summed E-state index contributed by atoms with van der Waals surface area (Å²) in [7, 11) is 0. The Morgan fingerprint density at radius 1 is 1.21 bits per heavy atom. The van der Waals surface area contributed by atoms with Crippen LogP contribution in [0.25, 0.3) is 0 Å². The van der Waals surface area contributed by atoms with Crippen molar-refractivity contribution in [2.75, 3.05) is 5.73 Å². The first kappa shape index (κ1) is 12.1. The standard InChI is InChI=1S/C15H19N3O/c16-13-14(12-8-4-5-9-12)17-18(15(13)19)10-11-6-2-1-3-7-11/h1-3,6-7,12,17H,4-5,8-10,16H2. The van der Waals surface area contributed by atoms with E-state index in [0.29, 0.717) is 18.2 Å². The molecule has 1 saturated carbocycles. The minimum absolute atomic E-state index is 0.0919. The van der Waals surface area contributed by atoms with Crippen LogP contribution in [-0.4, -0.2) is 9.78 Å². The van der Waals surface area contributed by atoms with Crippen molar-refractivity contribution in [3.05, 3.63) is 51.9 Å². The molecule has 1 aromatic carbocycles. The van der Waals surface area contributed by atoms with Gasteiger partial charge in [-0.3, -0.25) is 9.89 Å². The molecule has 4 nitrogen and oxygen atoms in total. The molecule has 1 heterocycles. The van der Waals surface area contributed by atoms with E-state index in [-0.39, 0.29) is 5.56 Å². The van der Waals surface area contributed by atoms with Crippen molar-refractivity contribution in [1.29, 1.82) is 0 Å². The van der Waals surface area contributed by atoms with Crippen molar-refractivity contribution in [2.24, 2.45) is 0 Å². The van der Waals surface area contributed by atoms with Gasteiger partial charge < -0.3 is 5.73 Å². The molecule has 3 N–H and O–H groups in total. The van der Waals surface area contributed by atoms with Gasteiger partial charge in [0.05, 0.1) is 12.2 Å². The van der Waals surface area contributed by atoms with Gasteiger partial charge >= 0.3 is 0 Å². The number of anilines is 1. The third kappa shape index (κ3) is 2.30. The lowest BCUT2D eigenvalue weighted by Gasteiger charge is -2.07. The van der Waals surface area contributed by atoms with E-state index in [1.54, 1.807) is 4.68 Å². The predicted octanol–water partition coefficient (Wildman–Crippen LogP) is 2.46. The van der Waals surface area contributed by atoms with Gasteiger partial charge in [0.1, 0.15) is 5.69 Å². The van der Waals surface area contributed by atoms with Crippen molar-refractivity contribution in [3.8, 4) is 0 Å². The molecule has 0 aliphatic heterocycles. The van der Waals surface area contributed by atoms with Crippen LogP contribution in [0.15, 0.2) is 35.1 Å². The van der Waals surface area contributed by atoms with Crippen LogP contribution >= 0.6 is 0 Å². The second kappa shape index (κ2) is 4.96. The Morgan fingerprint density at radius 3 is 2.58 bits per heavy atom. The van der Waals surface area contributed by atoms with Gasteiger partial charge in [-0.15, -0.1) is 0 Å². The third-order valence-electron chi connectivity index (χ3n) is 3.97. The van der Waals surface area contributed by atoms with E-state index in [9.17, 15) is 4.79 Å². The predicted molar refractivity (Wildman–Crippen MR) is 76.2 cm³/mol. The zero-order chi connectivity index (χ0) is 13.2. The van der Waals surface area contributed by atoms with Crippen LogP contribution in [-0.2, 0) is 6.54 Å². The molecule has 0 amide bonds. The van der Waals surface area contributed by atoms with Crippen LogP contribution in [0.1, 0.15) is 42.9 Å². The number of benzene rings is 1. The van der Waals surface area contributed by atoms with Crippen LogP contribution in [0.5, 0.6) is 0 Å². The van der Waals surface area contributed by atoms with E-state index in [2.05, 4.69) is 5.10 Å². The van der Waals surface area contributed by atoms with E-state index >= 15 is 0 Å². The summed E-state index contributed by atoms with van der Waals surface area (Å²) < 4.78 is 1.62. The first-order chi connectivity index (χ1) is 9.25. The maximum atomic E-state index is 12.2. The molecule has 3 rings (SSSR count). The molecule has 4 heteroatoms. The maximum absolute atomic E-state index is 12.2. The molecule has 1 aliphatic carbocycles. The van der Waals surface area contributed by atoms with Gasteiger partial charge in [-0.1, -0.05) is 43.2 Å². The monoisotopic (exact) mass is 257 g/mol. The molecule has 1 aromatic heterocycles. The summed E-state index contributed by atoms with van der Waals surface area (Å²) >= 11 is 0. The molecule has 0 saturated heterocycles. The minimum atomic E-state index is -0.0919.